The van der Waals surface area contributed by atoms with E-state index >= 15 is 0 Å². The molecule has 2 nitrogen and oxygen atoms in total. The van der Waals surface area contributed by atoms with Crippen molar-refractivity contribution in [2.24, 2.45) is 0 Å². The van der Waals surface area contributed by atoms with Gasteiger partial charge >= 0.3 is 0 Å². The van der Waals surface area contributed by atoms with E-state index in [0.29, 0.717) is 12.6 Å². The van der Waals surface area contributed by atoms with Crippen LogP contribution in [0.4, 0.5) is 0 Å². The number of ether oxygens (including phenoxy) is 1. The van der Waals surface area contributed by atoms with Crippen molar-refractivity contribution in [3.05, 3.63) is 71.8 Å². The molecule has 0 aliphatic carbocycles. The van der Waals surface area contributed by atoms with Gasteiger partial charge in [-0.25, -0.2) is 0 Å². The molecule has 0 fully saturated rings. The molecule has 0 heterocycles. The third kappa shape index (κ3) is 5.84. The summed E-state index contributed by atoms with van der Waals surface area (Å²) in [5, 5.41) is 3.35. The second-order valence-electron chi connectivity index (χ2n) is 5.31. The molecule has 0 aliphatic heterocycles. The van der Waals surface area contributed by atoms with E-state index < -0.39 is 0 Å². The first-order chi connectivity index (χ1) is 10.2. The minimum absolute atomic E-state index is 0.517. The summed E-state index contributed by atoms with van der Waals surface area (Å²) < 4.78 is 5.77. The van der Waals surface area contributed by atoms with Crippen molar-refractivity contribution in [3.8, 4) is 5.75 Å². The fourth-order valence-corrected chi connectivity index (χ4v) is 1.91. The van der Waals surface area contributed by atoms with Gasteiger partial charge in [-0.3, -0.25) is 0 Å². The van der Waals surface area contributed by atoms with Gasteiger partial charge in [0.05, 0.1) is 0 Å². The zero-order chi connectivity index (χ0) is 14.9. The minimum Gasteiger partial charge on any atom is -0.489 e. The Morgan fingerprint density at radius 1 is 1.00 bits per heavy atom. The van der Waals surface area contributed by atoms with E-state index in [2.05, 4.69) is 55.6 Å². The summed E-state index contributed by atoms with van der Waals surface area (Å²) in [4.78, 5) is 0. The predicted molar refractivity (Wildman–Crippen MR) is 89.4 cm³/mol. The summed E-state index contributed by atoms with van der Waals surface area (Å²) in [5.74, 6) is 0.899. The van der Waals surface area contributed by atoms with Crippen LogP contribution in [-0.4, -0.2) is 12.6 Å². The fraction of sp³-hybridized carbons (Fsp3) is 0.263. The third-order valence-corrected chi connectivity index (χ3v) is 3.08. The van der Waals surface area contributed by atoms with Crippen LogP contribution in [0, 0.1) is 0 Å². The van der Waals surface area contributed by atoms with Gasteiger partial charge in [0.25, 0.3) is 0 Å². The molecule has 0 aromatic heterocycles. The van der Waals surface area contributed by atoms with Crippen LogP contribution < -0.4 is 10.1 Å². The van der Waals surface area contributed by atoms with Crippen molar-refractivity contribution < 1.29 is 4.74 Å². The second-order valence-corrected chi connectivity index (χ2v) is 5.31. The summed E-state index contributed by atoms with van der Waals surface area (Å²) in [7, 11) is 0. The van der Waals surface area contributed by atoms with Crippen molar-refractivity contribution >= 4 is 6.08 Å². The SMILES string of the molecule is CC(C)NCC=Cc1ccc(OCc2ccccc2)cc1. The normalized spacial score (nSPS) is 11.2. The van der Waals surface area contributed by atoms with Crippen LogP contribution in [0.5, 0.6) is 5.75 Å². The van der Waals surface area contributed by atoms with Crippen molar-refractivity contribution in [2.75, 3.05) is 6.54 Å². The molecule has 0 unspecified atom stereocenters. The maximum Gasteiger partial charge on any atom is 0.119 e. The number of benzene rings is 2. The molecular formula is C19H23NO. The predicted octanol–water partition coefficient (Wildman–Crippen LogP) is 4.28. The number of hydrogen-bond acceptors (Lipinski definition) is 2. The average Bonchev–Trinajstić information content (AvgIpc) is 2.51. The van der Waals surface area contributed by atoms with Gasteiger partial charge in [0.1, 0.15) is 12.4 Å². The monoisotopic (exact) mass is 281 g/mol. The lowest BCUT2D eigenvalue weighted by molar-refractivity contribution is 0.306. The Kier molecular flexibility index (Phi) is 6.04. The van der Waals surface area contributed by atoms with Crippen LogP contribution in [0.15, 0.2) is 60.7 Å². The maximum absolute atomic E-state index is 5.77. The first-order valence-electron chi connectivity index (χ1n) is 7.41. The van der Waals surface area contributed by atoms with Gasteiger partial charge in [0.15, 0.2) is 0 Å². The van der Waals surface area contributed by atoms with Gasteiger partial charge in [0, 0.05) is 12.6 Å². The van der Waals surface area contributed by atoms with Crippen LogP contribution in [-0.2, 0) is 6.61 Å². The average molecular weight is 281 g/mol. The molecule has 0 radical (unpaired) electrons. The van der Waals surface area contributed by atoms with Crippen LogP contribution in [0.25, 0.3) is 6.08 Å². The van der Waals surface area contributed by atoms with Crippen molar-refractivity contribution in [1.29, 1.82) is 0 Å². The molecule has 0 spiro atoms. The largest absolute Gasteiger partial charge is 0.489 e. The Bertz CT molecular complexity index is 544. The topological polar surface area (TPSA) is 21.3 Å². The first-order valence-corrected chi connectivity index (χ1v) is 7.41. The van der Waals surface area contributed by atoms with Crippen molar-refractivity contribution in [3.63, 3.8) is 0 Å². The summed E-state index contributed by atoms with van der Waals surface area (Å²) in [5.41, 5.74) is 2.37. The molecule has 21 heavy (non-hydrogen) atoms. The molecular weight excluding hydrogens is 258 g/mol. The maximum atomic E-state index is 5.77. The Hall–Kier alpha value is -2.06. The molecule has 0 bridgehead atoms. The Balaban J connectivity index is 1.81. The highest BCUT2D eigenvalue weighted by atomic mass is 16.5. The quantitative estimate of drug-likeness (QED) is 0.818. The molecule has 0 atom stereocenters. The molecule has 2 aromatic carbocycles. The molecule has 110 valence electrons. The molecule has 0 aliphatic rings. The van der Waals surface area contributed by atoms with E-state index in [1.165, 1.54) is 11.1 Å². The Morgan fingerprint density at radius 3 is 2.38 bits per heavy atom. The van der Waals surface area contributed by atoms with Gasteiger partial charge in [-0.2, -0.15) is 0 Å². The summed E-state index contributed by atoms with van der Waals surface area (Å²) in [6.07, 6.45) is 4.26. The summed E-state index contributed by atoms with van der Waals surface area (Å²) >= 11 is 0. The molecule has 0 saturated carbocycles. The van der Waals surface area contributed by atoms with Crippen LogP contribution in [0.3, 0.4) is 0 Å². The number of rotatable bonds is 7. The molecule has 0 amide bonds. The molecule has 2 heteroatoms. The highest BCUT2D eigenvalue weighted by Gasteiger charge is 1.95. The molecule has 2 rings (SSSR count). The zero-order valence-electron chi connectivity index (χ0n) is 12.8. The van der Waals surface area contributed by atoms with E-state index in [1.807, 2.05) is 30.3 Å². The fourth-order valence-electron chi connectivity index (χ4n) is 1.91. The van der Waals surface area contributed by atoms with Gasteiger partial charge in [-0.15, -0.1) is 0 Å². The van der Waals surface area contributed by atoms with E-state index in [0.717, 1.165) is 12.3 Å². The Labute approximate surface area is 127 Å². The second kappa shape index (κ2) is 8.28. The first kappa shape index (κ1) is 15.3. The van der Waals surface area contributed by atoms with Crippen molar-refractivity contribution in [2.45, 2.75) is 26.5 Å². The van der Waals surface area contributed by atoms with E-state index in [1.54, 1.807) is 0 Å². The van der Waals surface area contributed by atoms with E-state index in [4.69, 9.17) is 4.74 Å². The standard InChI is InChI=1S/C19H23NO/c1-16(2)20-14-6-9-17-10-12-19(13-11-17)21-15-18-7-4-3-5-8-18/h3-13,16,20H,14-15H2,1-2H3. The van der Waals surface area contributed by atoms with Gasteiger partial charge in [-0.05, 0) is 23.3 Å². The number of hydrogen-bond donors (Lipinski definition) is 1. The van der Waals surface area contributed by atoms with Crippen molar-refractivity contribution in [1.82, 2.24) is 5.32 Å². The highest BCUT2D eigenvalue weighted by Crippen LogP contribution is 2.15. The Morgan fingerprint density at radius 2 is 1.71 bits per heavy atom. The molecule has 1 N–H and O–H groups in total. The summed E-state index contributed by atoms with van der Waals surface area (Å²) in [6.45, 7) is 5.79. The molecule has 0 saturated heterocycles. The van der Waals surface area contributed by atoms with Crippen LogP contribution in [0.2, 0.25) is 0 Å². The van der Waals surface area contributed by atoms with Gasteiger partial charge in [0.2, 0.25) is 0 Å². The lowest BCUT2D eigenvalue weighted by Gasteiger charge is -2.06. The lowest BCUT2D eigenvalue weighted by atomic mass is 10.2. The smallest absolute Gasteiger partial charge is 0.119 e. The third-order valence-electron chi connectivity index (χ3n) is 3.08. The summed E-state index contributed by atoms with van der Waals surface area (Å²) in [6, 6.07) is 18.9. The lowest BCUT2D eigenvalue weighted by Crippen LogP contribution is -2.22. The minimum atomic E-state index is 0.517. The number of nitrogens with one attached hydrogen (secondary N) is 1. The molecule has 2 aromatic rings. The highest BCUT2D eigenvalue weighted by molar-refractivity contribution is 5.50. The van der Waals surface area contributed by atoms with Crippen LogP contribution in [0.1, 0.15) is 25.0 Å². The van der Waals surface area contributed by atoms with E-state index in [-0.39, 0.29) is 0 Å². The van der Waals surface area contributed by atoms with Crippen LogP contribution >= 0.6 is 0 Å². The van der Waals surface area contributed by atoms with E-state index in [9.17, 15) is 0 Å². The van der Waals surface area contributed by atoms with Gasteiger partial charge in [-0.1, -0.05) is 68.5 Å². The van der Waals surface area contributed by atoms with Gasteiger partial charge < -0.3 is 10.1 Å². The zero-order valence-corrected chi connectivity index (χ0v) is 12.8.